The average Bonchev–Trinajstić information content (AvgIpc) is 3.19. The minimum Gasteiger partial charge on any atom is -0.458 e. The number of hydrogen-bond donors (Lipinski definition) is 0. The Morgan fingerprint density at radius 3 is 2.02 bits per heavy atom. The van der Waals surface area contributed by atoms with Gasteiger partial charge in [-0.25, -0.2) is 0 Å². The molecule has 0 bridgehead atoms. The van der Waals surface area contributed by atoms with E-state index in [0.29, 0.717) is 0 Å². The lowest BCUT2D eigenvalue weighted by Gasteiger charge is -2.44. The maximum absolute atomic E-state index is 6.98. The summed E-state index contributed by atoms with van der Waals surface area (Å²) in [4.78, 5) is 7.42. The highest BCUT2D eigenvalue weighted by molar-refractivity contribution is 8.00. The van der Waals surface area contributed by atoms with Gasteiger partial charge in [-0.15, -0.1) is 0 Å². The van der Waals surface area contributed by atoms with Crippen LogP contribution in [0.5, 0.6) is 11.5 Å². The van der Waals surface area contributed by atoms with Crippen LogP contribution in [0.3, 0.4) is 0 Å². The lowest BCUT2D eigenvalue weighted by atomic mass is 9.34. The van der Waals surface area contributed by atoms with Gasteiger partial charge in [0.2, 0.25) is 0 Å². The number of para-hydroxylation sites is 4. The normalized spacial score (nSPS) is 13.8. The van der Waals surface area contributed by atoms with E-state index in [4.69, 9.17) is 4.74 Å². The van der Waals surface area contributed by atoms with Crippen LogP contribution in [-0.2, 0) is 0 Å². The van der Waals surface area contributed by atoms with Gasteiger partial charge < -0.3 is 14.5 Å². The molecule has 12 rings (SSSR count). The van der Waals surface area contributed by atoms with Gasteiger partial charge in [-0.2, -0.15) is 0 Å². The summed E-state index contributed by atoms with van der Waals surface area (Å²) in [5, 5.41) is 7.67. The Bertz CT molecular complexity index is 2890. The Labute approximate surface area is 299 Å². The van der Waals surface area contributed by atoms with Gasteiger partial charge in [-0.1, -0.05) is 127 Å². The summed E-state index contributed by atoms with van der Waals surface area (Å²) >= 11 is 1.87. The predicted molar refractivity (Wildman–Crippen MR) is 215 cm³/mol. The van der Waals surface area contributed by atoms with Crippen LogP contribution in [0.25, 0.3) is 32.3 Å². The predicted octanol–water partition coefficient (Wildman–Crippen LogP) is 10.9. The molecule has 0 saturated heterocycles. The zero-order valence-electron chi connectivity index (χ0n) is 27.4. The van der Waals surface area contributed by atoms with Gasteiger partial charge in [0.1, 0.15) is 11.5 Å². The molecule has 0 aromatic heterocycles. The molecule has 3 aliphatic rings. The van der Waals surface area contributed by atoms with Crippen molar-refractivity contribution in [3.8, 4) is 11.5 Å². The third-order valence-electron chi connectivity index (χ3n) is 11.0. The van der Waals surface area contributed by atoms with Crippen LogP contribution in [0.1, 0.15) is 0 Å². The average molecular weight is 667 g/mol. The first-order chi connectivity index (χ1) is 25.3. The molecule has 0 atom stereocenters. The summed E-state index contributed by atoms with van der Waals surface area (Å²) in [7, 11) is 0. The Morgan fingerprint density at radius 2 is 1.16 bits per heavy atom. The topological polar surface area (TPSA) is 15.7 Å². The molecular formula is C46H27BN2OS. The van der Waals surface area contributed by atoms with E-state index >= 15 is 0 Å². The molecule has 3 aliphatic heterocycles. The Kier molecular flexibility index (Phi) is 5.52. The van der Waals surface area contributed by atoms with Crippen LogP contribution in [0.4, 0.5) is 34.1 Å². The summed E-state index contributed by atoms with van der Waals surface area (Å²) in [6.07, 6.45) is 0. The van der Waals surface area contributed by atoms with Crippen molar-refractivity contribution in [1.82, 2.24) is 0 Å². The number of hydrogen-bond acceptors (Lipinski definition) is 4. The van der Waals surface area contributed by atoms with Crippen molar-refractivity contribution in [3.05, 3.63) is 164 Å². The molecule has 0 radical (unpaired) electrons. The number of fused-ring (bicyclic) bond motifs is 7. The van der Waals surface area contributed by atoms with Gasteiger partial charge in [0.25, 0.3) is 6.71 Å². The molecule has 236 valence electrons. The molecule has 0 saturated carbocycles. The van der Waals surface area contributed by atoms with Crippen molar-refractivity contribution in [3.63, 3.8) is 0 Å². The Balaban J connectivity index is 1.21. The fraction of sp³-hybridized carbons (Fsp3) is 0. The first-order valence-electron chi connectivity index (χ1n) is 17.5. The maximum Gasteiger partial charge on any atom is 0.256 e. The second kappa shape index (κ2) is 10.2. The fourth-order valence-electron chi connectivity index (χ4n) is 8.93. The quantitative estimate of drug-likeness (QED) is 0.135. The van der Waals surface area contributed by atoms with Gasteiger partial charge in [0, 0.05) is 27.7 Å². The van der Waals surface area contributed by atoms with Gasteiger partial charge in [0.15, 0.2) is 0 Å². The van der Waals surface area contributed by atoms with Crippen LogP contribution >= 0.6 is 11.8 Å². The number of nitrogens with zero attached hydrogens (tertiary/aromatic N) is 2. The molecule has 5 heteroatoms. The lowest BCUT2D eigenvalue weighted by Crippen LogP contribution is -2.59. The van der Waals surface area contributed by atoms with Crippen molar-refractivity contribution >= 4 is 101 Å². The molecule has 0 N–H and O–H groups in total. The highest BCUT2D eigenvalue weighted by Gasteiger charge is 2.45. The second-order valence-corrected chi connectivity index (χ2v) is 14.7. The second-order valence-electron chi connectivity index (χ2n) is 13.6. The number of ether oxygens (including phenoxy) is 1. The minimum atomic E-state index is 0.0437. The standard InChI is InChI=1S/C46H27BN2OS/c1-2-13-31(14-3-1)48-36-17-6-4-15-33(36)47-34-16-5-8-19-39(34)50-40-27-38-46(45(48)44(40)47)51-41-20-9-7-18-37(41)49(38)35-26-24-30-22-21-28-11-10-12-29-23-25-32(35)43(30)42(28)29/h1-27H. The zero-order chi connectivity index (χ0) is 33.2. The molecule has 0 aliphatic carbocycles. The van der Waals surface area contributed by atoms with Crippen molar-refractivity contribution < 1.29 is 4.74 Å². The van der Waals surface area contributed by atoms with Gasteiger partial charge in [-0.3, -0.25) is 0 Å². The molecule has 0 fully saturated rings. The van der Waals surface area contributed by atoms with E-state index < -0.39 is 0 Å². The van der Waals surface area contributed by atoms with E-state index in [-0.39, 0.29) is 6.71 Å². The summed E-state index contributed by atoms with van der Waals surface area (Å²) in [5.41, 5.74) is 10.7. The van der Waals surface area contributed by atoms with Crippen molar-refractivity contribution in [2.45, 2.75) is 9.79 Å². The molecule has 3 heterocycles. The molecule has 9 aromatic carbocycles. The highest BCUT2D eigenvalue weighted by atomic mass is 32.2. The molecule has 0 amide bonds. The fourth-order valence-corrected chi connectivity index (χ4v) is 10.1. The maximum atomic E-state index is 6.98. The number of benzene rings is 9. The van der Waals surface area contributed by atoms with E-state index in [0.717, 1.165) is 28.6 Å². The van der Waals surface area contributed by atoms with Crippen molar-refractivity contribution in [2.75, 3.05) is 9.80 Å². The van der Waals surface area contributed by atoms with Gasteiger partial charge >= 0.3 is 0 Å². The number of rotatable bonds is 2. The first-order valence-corrected chi connectivity index (χ1v) is 18.3. The van der Waals surface area contributed by atoms with Crippen LogP contribution < -0.4 is 30.9 Å². The Morgan fingerprint density at radius 1 is 0.471 bits per heavy atom. The third-order valence-corrected chi connectivity index (χ3v) is 12.2. The lowest BCUT2D eigenvalue weighted by molar-refractivity contribution is 0.487. The molecule has 51 heavy (non-hydrogen) atoms. The smallest absolute Gasteiger partial charge is 0.256 e. The largest absolute Gasteiger partial charge is 0.458 e. The van der Waals surface area contributed by atoms with Crippen LogP contribution in [-0.4, -0.2) is 6.71 Å². The summed E-state index contributed by atoms with van der Waals surface area (Å²) in [6.45, 7) is 0.0437. The third kappa shape index (κ3) is 3.71. The van der Waals surface area contributed by atoms with Crippen molar-refractivity contribution in [1.29, 1.82) is 0 Å². The Hall–Kier alpha value is -6.17. The summed E-state index contributed by atoms with van der Waals surface area (Å²) in [6, 6.07) is 59.8. The SMILES string of the molecule is c1ccc(N2c3ccccc3B3c4ccccc4Oc4cc5c(c2c43)Sc2ccccc2N5c2ccc3ccc4cccc5ccc2c3c45)cc1. The molecule has 0 unspecified atom stereocenters. The molecule has 0 spiro atoms. The minimum absolute atomic E-state index is 0.0437. The van der Waals surface area contributed by atoms with Crippen LogP contribution in [0, 0.1) is 0 Å². The van der Waals surface area contributed by atoms with Crippen molar-refractivity contribution in [2.24, 2.45) is 0 Å². The van der Waals surface area contributed by atoms with Gasteiger partial charge in [-0.05, 0) is 85.8 Å². The number of anilines is 6. The van der Waals surface area contributed by atoms with E-state index in [1.165, 1.54) is 75.6 Å². The van der Waals surface area contributed by atoms with E-state index in [2.05, 4.69) is 174 Å². The first kappa shape index (κ1) is 27.6. The summed E-state index contributed by atoms with van der Waals surface area (Å²) < 4.78 is 6.98. The molecule has 3 nitrogen and oxygen atoms in total. The van der Waals surface area contributed by atoms with Gasteiger partial charge in [0.05, 0.1) is 27.6 Å². The molecular weight excluding hydrogens is 639 g/mol. The highest BCUT2D eigenvalue weighted by Crippen LogP contribution is 2.59. The monoisotopic (exact) mass is 666 g/mol. The van der Waals surface area contributed by atoms with E-state index in [1.54, 1.807) is 0 Å². The molecule has 9 aromatic rings. The van der Waals surface area contributed by atoms with Crippen LogP contribution in [0.15, 0.2) is 174 Å². The van der Waals surface area contributed by atoms with E-state index in [9.17, 15) is 0 Å². The summed E-state index contributed by atoms with van der Waals surface area (Å²) in [5.74, 6) is 1.83. The van der Waals surface area contributed by atoms with E-state index in [1.807, 2.05) is 11.8 Å². The van der Waals surface area contributed by atoms with Crippen LogP contribution in [0.2, 0.25) is 0 Å². The zero-order valence-corrected chi connectivity index (χ0v) is 28.2.